The number of aromatic nitrogens is 2. The maximum atomic E-state index is 12.2. The van der Waals surface area contributed by atoms with Crippen LogP contribution < -0.4 is 15.8 Å². The van der Waals surface area contributed by atoms with E-state index in [1.54, 1.807) is 31.7 Å². The average molecular weight is 277 g/mol. The number of nitrogens with two attached hydrogens (primary N) is 1. The minimum Gasteiger partial charge on any atom is -0.480 e. The first-order valence-corrected chi connectivity index (χ1v) is 8.33. The van der Waals surface area contributed by atoms with Gasteiger partial charge in [0, 0.05) is 16.6 Å². The van der Waals surface area contributed by atoms with Gasteiger partial charge in [-0.15, -0.1) is 0 Å². The van der Waals surface area contributed by atoms with Crippen molar-refractivity contribution in [2.75, 3.05) is 26.2 Å². The van der Waals surface area contributed by atoms with E-state index in [1.165, 1.54) is 13.3 Å². The van der Waals surface area contributed by atoms with Gasteiger partial charge in [-0.25, -0.2) is 4.98 Å². The van der Waals surface area contributed by atoms with Crippen LogP contribution >= 0.6 is 7.14 Å². The molecule has 1 heterocycles. The molecule has 100 valence electrons. The number of hydrogen-bond acceptors (Lipinski definition) is 5. The molecule has 0 amide bonds. The molecule has 0 saturated carbocycles. The van der Waals surface area contributed by atoms with Gasteiger partial charge >= 0.3 is 0 Å². The molecular weight excluding hydrogens is 261 g/mol. The van der Waals surface area contributed by atoms with Crippen LogP contribution in [0.25, 0.3) is 11.3 Å². The van der Waals surface area contributed by atoms with E-state index in [0.29, 0.717) is 22.6 Å². The number of nitrogen functional groups attached to an aromatic ring is 1. The van der Waals surface area contributed by atoms with E-state index in [4.69, 9.17) is 10.5 Å². The third-order valence-corrected chi connectivity index (χ3v) is 4.28. The molecule has 0 aliphatic rings. The zero-order valence-electron chi connectivity index (χ0n) is 11.1. The summed E-state index contributed by atoms with van der Waals surface area (Å²) in [5, 5.41) is 0.662. The third kappa shape index (κ3) is 2.93. The van der Waals surface area contributed by atoms with Crippen molar-refractivity contribution in [2.45, 2.75) is 0 Å². The number of nitrogens with zero attached hydrogens (tertiary/aromatic N) is 2. The van der Waals surface area contributed by atoms with Crippen LogP contribution in [-0.4, -0.2) is 30.4 Å². The van der Waals surface area contributed by atoms with Gasteiger partial charge in [0.05, 0.1) is 25.2 Å². The Labute approximate surface area is 112 Å². The summed E-state index contributed by atoms with van der Waals surface area (Å²) in [7, 11) is -0.890. The average Bonchev–Trinajstić information content (AvgIpc) is 2.38. The van der Waals surface area contributed by atoms with Crippen molar-refractivity contribution in [1.82, 2.24) is 9.97 Å². The largest absolute Gasteiger partial charge is 0.480 e. The number of hydrogen-bond donors (Lipinski definition) is 1. The van der Waals surface area contributed by atoms with Crippen molar-refractivity contribution in [3.05, 3.63) is 30.6 Å². The van der Waals surface area contributed by atoms with Gasteiger partial charge in [-0.3, -0.25) is 4.98 Å². The standard InChI is InChI=1S/C13H16N3O2P/c1-18-13-8-15-7-11(16-13)9-4-5-10(14)12(6-9)19(2,3)17/h4-8H,14H2,1-3H3. The van der Waals surface area contributed by atoms with Gasteiger partial charge in [0.1, 0.15) is 7.14 Å². The molecule has 6 heteroatoms. The second-order valence-corrected chi connectivity index (χ2v) is 7.75. The van der Waals surface area contributed by atoms with Crippen LogP contribution in [0.1, 0.15) is 0 Å². The first-order chi connectivity index (χ1) is 8.91. The molecule has 0 aliphatic carbocycles. The molecule has 0 saturated heterocycles. The quantitative estimate of drug-likeness (QED) is 0.685. The zero-order valence-corrected chi connectivity index (χ0v) is 12.0. The number of rotatable bonds is 3. The molecule has 5 nitrogen and oxygen atoms in total. The number of methoxy groups -OCH3 is 1. The Kier molecular flexibility index (Phi) is 3.58. The van der Waals surface area contributed by atoms with Crippen molar-refractivity contribution in [2.24, 2.45) is 0 Å². The van der Waals surface area contributed by atoms with E-state index >= 15 is 0 Å². The third-order valence-electron chi connectivity index (χ3n) is 2.73. The smallest absolute Gasteiger partial charge is 0.232 e. The fraction of sp³-hybridized carbons (Fsp3) is 0.231. The molecule has 0 unspecified atom stereocenters. The second kappa shape index (κ2) is 5.02. The Hall–Kier alpha value is -1.87. The van der Waals surface area contributed by atoms with Gasteiger partial charge in [-0.1, -0.05) is 6.07 Å². The Morgan fingerprint density at radius 3 is 2.63 bits per heavy atom. The topological polar surface area (TPSA) is 78.1 Å². The SMILES string of the molecule is COc1cncc(-c2ccc(N)c(P(C)(C)=O)c2)n1. The molecule has 2 rings (SSSR count). The summed E-state index contributed by atoms with van der Waals surface area (Å²) in [6, 6.07) is 5.38. The lowest BCUT2D eigenvalue weighted by molar-refractivity contribution is 0.396. The van der Waals surface area contributed by atoms with Gasteiger partial charge in [0.25, 0.3) is 0 Å². The fourth-order valence-corrected chi connectivity index (χ4v) is 2.90. The van der Waals surface area contributed by atoms with Crippen LogP contribution in [0.5, 0.6) is 5.88 Å². The summed E-state index contributed by atoms with van der Waals surface area (Å²) >= 11 is 0. The summed E-state index contributed by atoms with van der Waals surface area (Å²) in [4.78, 5) is 8.36. The van der Waals surface area contributed by atoms with Crippen molar-refractivity contribution < 1.29 is 9.30 Å². The van der Waals surface area contributed by atoms with Crippen molar-refractivity contribution in [1.29, 1.82) is 0 Å². The van der Waals surface area contributed by atoms with Crippen molar-refractivity contribution in [3.8, 4) is 17.1 Å². The monoisotopic (exact) mass is 277 g/mol. The summed E-state index contributed by atoms with van der Waals surface area (Å²) in [6.45, 7) is 3.39. The van der Waals surface area contributed by atoms with Crippen LogP contribution in [0, 0.1) is 0 Å². The van der Waals surface area contributed by atoms with Gasteiger partial charge in [0.2, 0.25) is 5.88 Å². The van der Waals surface area contributed by atoms with E-state index < -0.39 is 7.14 Å². The summed E-state index contributed by atoms with van der Waals surface area (Å²) < 4.78 is 17.2. The van der Waals surface area contributed by atoms with E-state index in [-0.39, 0.29) is 0 Å². The molecule has 0 atom stereocenters. The van der Waals surface area contributed by atoms with Gasteiger partial charge in [0.15, 0.2) is 0 Å². The first kappa shape index (κ1) is 13.6. The maximum absolute atomic E-state index is 12.2. The highest BCUT2D eigenvalue weighted by molar-refractivity contribution is 7.70. The summed E-state index contributed by atoms with van der Waals surface area (Å²) in [5.41, 5.74) is 7.89. The fourth-order valence-electron chi connectivity index (χ4n) is 1.75. The molecule has 0 spiro atoms. The zero-order chi connectivity index (χ0) is 14.0. The molecule has 0 radical (unpaired) electrons. The Morgan fingerprint density at radius 2 is 2.00 bits per heavy atom. The molecule has 19 heavy (non-hydrogen) atoms. The Morgan fingerprint density at radius 1 is 1.26 bits per heavy atom. The lowest BCUT2D eigenvalue weighted by atomic mass is 10.1. The minimum absolute atomic E-state index is 0.437. The van der Waals surface area contributed by atoms with E-state index in [9.17, 15) is 4.57 Å². The number of benzene rings is 1. The molecule has 0 fully saturated rings. The minimum atomic E-state index is -2.43. The molecule has 0 bridgehead atoms. The highest BCUT2D eigenvalue weighted by atomic mass is 31.2. The molecule has 1 aromatic carbocycles. The van der Waals surface area contributed by atoms with Crippen LogP contribution in [0.15, 0.2) is 30.6 Å². The van der Waals surface area contributed by atoms with Crippen LogP contribution in [0.4, 0.5) is 5.69 Å². The Bertz CT molecular complexity index is 652. The van der Waals surface area contributed by atoms with E-state index in [0.717, 1.165) is 5.56 Å². The van der Waals surface area contributed by atoms with E-state index in [2.05, 4.69) is 9.97 Å². The lowest BCUT2D eigenvalue weighted by Gasteiger charge is -2.12. The second-order valence-electron chi connectivity index (χ2n) is 4.57. The van der Waals surface area contributed by atoms with Crippen LogP contribution in [0.3, 0.4) is 0 Å². The summed E-state index contributed by atoms with van der Waals surface area (Å²) in [5.74, 6) is 0.437. The van der Waals surface area contributed by atoms with Gasteiger partial charge < -0.3 is 15.0 Å². The predicted octanol–water partition coefficient (Wildman–Crippen LogP) is 1.98. The lowest BCUT2D eigenvalue weighted by Crippen LogP contribution is -2.10. The van der Waals surface area contributed by atoms with Crippen LogP contribution in [-0.2, 0) is 4.57 Å². The molecule has 2 N–H and O–H groups in total. The number of ether oxygens (including phenoxy) is 1. The van der Waals surface area contributed by atoms with Crippen molar-refractivity contribution >= 4 is 18.1 Å². The molecular formula is C13H16N3O2P. The molecule has 2 aromatic rings. The summed E-state index contributed by atoms with van der Waals surface area (Å²) in [6.07, 6.45) is 3.17. The van der Waals surface area contributed by atoms with Crippen molar-refractivity contribution in [3.63, 3.8) is 0 Å². The molecule has 0 aliphatic heterocycles. The molecule has 1 aromatic heterocycles. The Balaban J connectivity index is 2.54. The van der Waals surface area contributed by atoms with Crippen LogP contribution in [0.2, 0.25) is 0 Å². The van der Waals surface area contributed by atoms with Gasteiger partial charge in [-0.05, 0) is 25.5 Å². The first-order valence-electron chi connectivity index (χ1n) is 5.73. The van der Waals surface area contributed by atoms with Gasteiger partial charge in [-0.2, -0.15) is 0 Å². The van der Waals surface area contributed by atoms with E-state index in [1.807, 2.05) is 6.07 Å². The predicted molar refractivity (Wildman–Crippen MR) is 77.5 cm³/mol. The normalized spacial score (nSPS) is 11.3. The number of anilines is 1. The maximum Gasteiger partial charge on any atom is 0.232 e. The highest BCUT2D eigenvalue weighted by Gasteiger charge is 2.16. The highest BCUT2D eigenvalue weighted by Crippen LogP contribution is 2.38.